The molecule has 6 heteroatoms. The Hall–Kier alpha value is -2.37. The molecular formula is C14H17FN4O. The van der Waals surface area contributed by atoms with Crippen LogP contribution in [0.15, 0.2) is 36.7 Å². The minimum Gasteiger partial charge on any atom is -0.338 e. The summed E-state index contributed by atoms with van der Waals surface area (Å²) in [6.45, 7) is 0.884. The second kappa shape index (κ2) is 6.70. The smallest absolute Gasteiger partial charge is 0.315 e. The zero-order valence-corrected chi connectivity index (χ0v) is 11.3. The normalized spacial score (nSPS) is 10.3. The Kier molecular flexibility index (Phi) is 4.70. The number of halogens is 1. The molecule has 0 bridgehead atoms. The molecule has 1 heterocycles. The molecule has 2 aromatic rings. The van der Waals surface area contributed by atoms with Gasteiger partial charge in [-0.25, -0.2) is 14.2 Å². The number of imidazole rings is 1. The number of aryl methyl sites for hydroxylation is 1. The molecule has 20 heavy (non-hydrogen) atoms. The molecule has 0 saturated carbocycles. The van der Waals surface area contributed by atoms with Crippen LogP contribution in [0.5, 0.6) is 0 Å². The van der Waals surface area contributed by atoms with Crippen LogP contribution >= 0.6 is 0 Å². The van der Waals surface area contributed by atoms with Crippen molar-refractivity contribution in [2.45, 2.75) is 13.0 Å². The summed E-state index contributed by atoms with van der Waals surface area (Å²) in [4.78, 5) is 15.7. The number of nitrogens with zero attached hydrogens (tertiary/aromatic N) is 2. The largest absolute Gasteiger partial charge is 0.338 e. The van der Waals surface area contributed by atoms with Crippen LogP contribution in [0.4, 0.5) is 9.18 Å². The molecule has 106 valence electrons. The predicted molar refractivity (Wildman–Crippen MR) is 73.6 cm³/mol. The first-order chi connectivity index (χ1) is 9.65. The SMILES string of the molecule is Cn1ccnc1CCNC(=O)NCc1ccc(F)cc1. The van der Waals surface area contributed by atoms with E-state index in [-0.39, 0.29) is 11.8 Å². The molecule has 1 aromatic carbocycles. The number of benzene rings is 1. The first-order valence-corrected chi connectivity index (χ1v) is 6.37. The van der Waals surface area contributed by atoms with Gasteiger partial charge in [-0.2, -0.15) is 0 Å². The third kappa shape index (κ3) is 4.08. The topological polar surface area (TPSA) is 59.0 Å². The van der Waals surface area contributed by atoms with Crippen LogP contribution in [0.25, 0.3) is 0 Å². The Morgan fingerprint density at radius 3 is 2.70 bits per heavy atom. The molecule has 0 saturated heterocycles. The summed E-state index contributed by atoms with van der Waals surface area (Å²) in [6.07, 6.45) is 4.27. The van der Waals surface area contributed by atoms with E-state index in [0.29, 0.717) is 19.5 Å². The maximum atomic E-state index is 12.7. The molecule has 2 N–H and O–H groups in total. The van der Waals surface area contributed by atoms with Crippen LogP contribution in [0.3, 0.4) is 0 Å². The second-order valence-electron chi connectivity index (χ2n) is 4.44. The summed E-state index contributed by atoms with van der Waals surface area (Å²) in [5.41, 5.74) is 0.852. The maximum absolute atomic E-state index is 12.7. The maximum Gasteiger partial charge on any atom is 0.315 e. The first kappa shape index (κ1) is 14.0. The van der Waals surface area contributed by atoms with Crippen LogP contribution in [-0.4, -0.2) is 22.1 Å². The average molecular weight is 276 g/mol. The van der Waals surface area contributed by atoms with Gasteiger partial charge in [-0.05, 0) is 17.7 Å². The van der Waals surface area contributed by atoms with Gasteiger partial charge in [-0.1, -0.05) is 12.1 Å². The third-order valence-corrected chi connectivity index (χ3v) is 2.92. The van der Waals surface area contributed by atoms with Crippen LogP contribution in [0, 0.1) is 5.82 Å². The average Bonchev–Trinajstić information content (AvgIpc) is 2.84. The molecule has 0 radical (unpaired) electrons. The molecule has 0 spiro atoms. The standard InChI is InChI=1S/C14H17FN4O/c1-19-9-8-16-13(19)6-7-17-14(20)18-10-11-2-4-12(15)5-3-11/h2-5,8-9H,6-7,10H2,1H3,(H2,17,18,20). The molecule has 0 aliphatic heterocycles. The molecular weight excluding hydrogens is 259 g/mol. The monoisotopic (exact) mass is 276 g/mol. The Bertz CT molecular complexity index is 565. The van der Waals surface area contributed by atoms with Crippen molar-refractivity contribution < 1.29 is 9.18 Å². The number of carbonyl (C=O) groups excluding carboxylic acids is 1. The van der Waals surface area contributed by atoms with Crippen molar-refractivity contribution in [2.75, 3.05) is 6.54 Å². The van der Waals surface area contributed by atoms with Crippen LogP contribution in [0.1, 0.15) is 11.4 Å². The molecule has 2 rings (SSSR count). The van der Waals surface area contributed by atoms with Crippen molar-refractivity contribution >= 4 is 6.03 Å². The van der Waals surface area contributed by atoms with E-state index in [2.05, 4.69) is 15.6 Å². The molecule has 2 amide bonds. The fraction of sp³-hybridized carbons (Fsp3) is 0.286. The minimum absolute atomic E-state index is 0.247. The van der Waals surface area contributed by atoms with Gasteiger partial charge in [0.15, 0.2) is 0 Å². The van der Waals surface area contributed by atoms with Gasteiger partial charge in [0, 0.05) is 39.0 Å². The number of urea groups is 1. The number of nitrogens with one attached hydrogen (secondary N) is 2. The summed E-state index contributed by atoms with van der Waals surface area (Å²) in [5.74, 6) is 0.636. The lowest BCUT2D eigenvalue weighted by Gasteiger charge is -2.07. The lowest BCUT2D eigenvalue weighted by Crippen LogP contribution is -2.36. The first-order valence-electron chi connectivity index (χ1n) is 6.37. The number of carbonyl (C=O) groups is 1. The van der Waals surface area contributed by atoms with E-state index < -0.39 is 0 Å². The van der Waals surface area contributed by atoms with Crippen molar-refractivity contribution in [3.05, 3.63) is 53.9 Å². The zero-order chi connectivity index (χ0) is 14.4. The van der Waals surface area contributed by atoms with E-state index in [0.717, 1.165) is 11.4 Å². The molecule has 0 unspecified atom stereocenters. The Balaban J connectivity index is 1.68. The van der Waals surface area contributed by atoms with Gasteiger partial charge in [0.25, 0.3) is 0 Å². The van der Waals surface area contributed by atoms with Gasteiger partial charge in [-0.3, -0.25) is 0 Å². The molecule has 0 aliphatic rings. The Morgan fingerprint density at radius 1 is 1.30 bits per heavy atom. The summed E-state index contributed by atoms with van der Waals surface area (Å²) in [5, 5.41) is 5.47. The number of aromatic nitrogens is 2. The third-order valence-electron chi connectivity index (χ3n) is 2.92. The van der Waals surface area contributed by atoms with Crippen molar-refractivity contribution in [3.8, 4) is 0 Å². The summed E-state index contributed by atoms with van der Waals surface area (Å²) < 4.78 is 14.6. The number of hydrogen-bond acceptors (Lipinski definition) is 2. The number of amides is 2. The summed E-state index contributed by atoms with van der Waals surface area (Å²) >= 11 is 0. The summed E-state index contributed by atoms with van der Waals surface area (Å²) in [7, 11) is 1.91. The fourth-order valence-corrected chi connectivity index (χ4v) is 1.77. The highest BCUT2D eigenvalue weighted by molar-refractivity contribution is 5.73. The van der Waals surface area contributed by atoms with Crippen LogP contribution < -0.4 is 10.6 Å². The van der Waals surface area contributed by atoms with Crippen molar-refractivity contribution in [1.82, 2.24) is 20.2 Å². The van der Waals surface area contributed by atoms with E-state index in [1.54, 1.807) is 18.3 Å². The molecule has 1 aromatic heterocycles. The number of hydrogen-bond donors (Lipinski definition) is 2. The Morgan fingerprint density at radius 2 is 2.05 bits per heavy atom. The van der Waals surface area contributed by atoms with Gasteiger partial charge >= 0.3 is 6.03 Å². The lowest BCUT2D eigenvalue weighted by molar-refractivity contribution is 0.240. The highest BCUT2D eigenvalue weighted by Gasteiger charge is 2.02. The van der Waals surface area contributed by atoms with Crippen molar-refractivity contribution in [3.63, 3.8) is 0 Å². The van der Waals surface area contributed by atoms with Crippen LogP contribution in [0.2, 0.25) is 0 Å². The van der Waals surface area contributed by atoms with Crippen LogP contribution in [-0.2, 0) is 20.0 Å². The minimum atomic E-state index is -0.284. The quantitative estimate of drug-likeness (QED) is 0.871. The van der Waals surface area contributed by atoms with E-state index in [9.17, 15) is 9.18 Å². The molecule has 5 nitrogen and oxygen atoms in total. The summed E-state index contributed by atoms with van der Waals surface area (Å²) in [6, 6.07) is 5.78. The Labute approximate surface area is 116 Å². The highest BCUT2D eigenvalue weighted by atomic mass is 19.1. The van der Waals surface area contributed by atoms with E-state index in [4.69, 9.17) is 0 Å². The zero-order valence-electron chi connectivity index (χ0n) is 11.3. The molecule has 0 atom stereocenters. The highest BCUT2D eigenvalue weighted by Crippen LogP contribution is 2.01. The van der Waals surface area contributed by atoms with Gasteiger partial charge < -0.3 is 15.2 Å². The lowest BCUT2D eigenvalue weighted by atomic mass is 10.2. The number of rotatable bonds is 5. The fourth-order valence-electron chi connectivity index (χ4n) is 1.77. The molecule has 0 fully saturated rings. The van der Waals surface area contributed by atoms with Gasteiger partial charge in [0.2, 0.25) is 0 Å². The predicted octanol–water partition coefficient (Wildman–Crippen LogP) is 1.60. The van der Waals surface area contributed by atoms with Gasteiger partial charge in [-0.15, -0.1) is 0 Å². The van der Waals surface area contributed by atoms with E-state index in [1.165, 1.54) is 12.1 Å². The van der Waals surface area contributed by atoms with E-state index >= 15 is 0 Å². The van der Waals surface area contributed by atoms with Crippen molar-refractivity contribution in [1.29, 1.82) is 0 Å². The van der Waals surface area contributed by atoms with Gasteiger partial charge in [0.1, 0.15) is 11.6 Å². The molecule has 0 aliphatic carbocycles. The van der Waals surface area contributed by atoms with Crippen molar-refractivity contribution in [2.24, 2.45) is 7.05 Å². The van der Waals surface area contributed by atoms with Gasteiger partial charge in [0.05, 0.1) is 0 Å². The second-order valence-corrected chi connectivity index (χ2v) is 4.44. The van der Waals surface area contributed by atoms with E-state index in [1.807, 2.05) is 17.8 Å².